The zero-order valence-corrected chi connectivity index (χ0v) is 19.1. The highest BCUT2D eigenvalue weighted by Gasteiger charge is 2.24. The average Bonchev–Trinajstić information content (AvgIpc) is 3.29. The molecule has 1 amide bonds. The summed E-state index contributed by atoms with van der Waals surface area (Å²) < 4.78 is 1.01. The van der Waals surface area contributed by atoms with Gasteiger partial charge in [-0.25, -0.2) is 9.97 Å². The van der Waals surface area contributed by atoms with Crippen molar-refractivity contribution < 1.29 is 4.79 Å². The molecule has 1 heterocycles. The van der Waals surface area contributed by atoms with Gasteiger partial charge in [0.1, 0.15) is 0 Å². The predicted octanol–water partition coefficient (Wildman–Crippen LogP) is 5.92. The fourth-order valence-electron chi connectivity index (χ4n) is 4.81. The molecule has 2 aliphatic carbocycles. The van der Waals surface area contributed by atoms with Crippen LogP contribution >= 0.6 is 15.9 Å². The molecule has 3 aromatic rings. The molecule has 0 atom stereocenters. The molecular weight excluding hydrogens is 450 g/mol. The predicted molar refractivity (Wildman–Crippen MR) is 127 cm³/mol. The number of nitrogens with zero attached hydrogens (tertiary/aromatic N) is 2. The summed E-state index contributed by atoms with van der Waals surface area (Å²) in [6.45, 7) is 0. The van der Waals surface area contributed by atoms with Gasteiger partial charge in [0, 0.05) is 10.0 Å². The Hall–Kier alpha value is -2.53. The smallest absolute Gasteiger partial charge is 0.229 e. The molecule has 0 unspecified atom stereocenters. The summed E-state index contributed by atoms with van der Waals surface area (Å²) >= 11 is 3.44. The number of fused-ring (bicyclic) bond motifs is 3. The van der Waals surface area contributed by atoms with E-state index in [9.17, 15) is 4.79 Å². The van der Waals surface area contributed by atoms with E-state index in [2.05, 4.69) is 45.5 Å². The van der Waals surface area contributed by atoms with Crippen molar-refractivity contribution in [2.45, 2.75) is 51.4 Å². The van der Waals surface area contributed by atoms with Gasteiger partial charge in [0.15, 0.2) is 5.82 Å². The second-order valence-corrected chi connectivity index (χ2v) is 9.59. The van der Waals surface area contributed by atoms with Gasteiger partial charge >= 0.3 is 0 Å². The second-order valence-electron chi connectivity index (χ2n) is 8.68. The molecule has 0 radical (unpaired) electrons. The third kappa shape index (κ3) is 4.57. The van der Waals surface area contributed by atoms with Crippen molar-refractivity contribution in [1.82, 2.24) is 9.97 Å². The van der Waals surface area contributed by atoms with E-state index in [0.717, 1.165) is 46.4 Å². The molecule has 158 valence electrons. The molecule has 0 bridgehead atoms. The lowest BCUT2D eigenvalue weighted by Crippen LogP contribution is -2.20. The number of aromatic nitrogens is 2. The summed E-state index contributed by atoms with van der Waals surface area (Å²) in [7, 11) is 0. The van der Waals surface area contributed by atoms with Crippen LogP contribution in [0.25, 0.3) is 11.3 Å². The van der Waals surface area contributed by atoms with E-state index < -0.39 is 0 Å². The van der Waals surface area contributed by atoms with E-state index in [-0.39, 0.29) is 5.91 Å². The first-order chi connectivity index (χ1) is 15.2. The molecule has 2 aromatic carbocycles. The van der Waals surface area contributed by atoms with Crippen molar-refractivity contribution in [3.05, 3.63) is 75.5 Å². The number of hydrogen-bond donors (Lipinski definition) is 1. The summed E-state index contributed by atoms with van der Waals surface area (Å²) in [6.07, 6.45) is 8.09. The van der Waals surface area contributed by atoms with Gasteiger partial charge in [-0.1, -0.05) is 78.0 Å². The Balaban J connectivity index is 1.45. The van der Waals surface area contributed by atoms with Crippen molar-refractivity contribution in [2.24, 2.45) is 5.92 Å². The number of carbonyl (C=O) groups excluding carboxylic acids is 1. The standard InChI is InChI=1S/C26H26BrN3O/c27-20-12-9-18(10-13-20)16-24(31)30-26-23(15-17-5-1-2-6-17)28-25-21-8-4-3-7-19(21)11-14-22(25)29-26/h3-4,7-10,12-13,17H,1-2,5-6,11,14-16H2,(H,29,30,31). The lowest BCUT2D eigenvalue weighted by molar-refractivity contribution is -0.115. The first-order valence-electron chi connectivity index (χ1n) is 11.2. The van der Waals surface area contributed by atoms with Crippen LogP contribution in [-0.4, -0.2) is 15.9 Å². The minimum atomic E-state index is -0.0412. The number of hydrogen-bond acceptors (Lipinski definition) is 3. The van der Waals surface area contributed by atoms with Crippen molar-refractivity contribution in [1.29, 1.82) is 0 Å². The van der Waals surface area contributed by atoms with Crippen molar-refractivity contribution in [3.63, 3.8) is 0 Å². The van der Waals surface area contributed by atoms with Gasteiger partial charge in [0.25, 0.3) is 0 Å². The molecule has 4 nitrogen and oxygen atoms in total. The van der Waals surface area contributed by atoms with Crippen LogP contribution in [0.4, 0.5) is 5.82 Å². The van der Waals surface area contributed by atoms with Crippen LogP contribution in [0.15, 0.2) is 53.0 Å². The van der Waals surface area contributed by atoms with Gasteiger partial charge in [-0.3, -0.25) is 4.79 Å². The fourth-order valence-corrected chi connectivity index (χ4v) is 5.08. The molecule has 1 saturated carbocycles. The van der Waals surface area contributed by atoms with E-state index in [0.29, 0.717) is 18.2 Å². The van der Waals surface area contributed by atoms with Crippen LogP contribution in [0.5, 0.6) is 0 Å². The SMILES string of the molecule is O=C(Cc1ccc(Br)cc1)Nc1nc2c(nc1CC1CCCC1)-c1ccccc1CC2. The normalized spacial score (nSPS) is 15.4. The summed E-state index contributed by atoms with van der Waals surface area (Å²) in [5, 5.41) is 3.10. The molecule has 31 heavy (non-hydrogen) atoms. The van der Waals surface area contributed by atoms with Crippen LogP contribution < -0.4 is 5.32 Å². The van der Waals surface area contributed by atoms with Crippen molar-refractivity contribution >= 4 is 27.7 Å². The zero-order valence-electron chi connectivity index (χ0n) is 17.5. The Bertz CT molecular complexity index is 1100. The zero-order chi connectivity index (χ0) is 21.2. The van der Waals surface area contributed by atoms with Crippen LogP contribution in [0.1, 0.15) is 48.2 Å². The van der Waals surface area contributed by atoms with Gasteiger partial charge in [-0.2, -0.15) is 0 Å². The number of benzene rings is 2. The van der Waals surface area contributed by atoms with Crippen molar-refractivity contribution in [3.8, 4) is 11.3 Å². The Morgan fingerprint density at radius 1 is 1.00 bits per heavy atom. The van der Waals surface area contributed by atoms with Crippen LogP contribution in [0.2, 0.25) is 0 Å². The maximum absolute atomic E-state index is 12.8. The largest absolute Gasteiger partial charge is 0.309 e. The van der Waals surface area contributed by atoms with Crippen LogP contribution in [0, 0.1) is 5.92 Å². The van der Waals surface area contributed by atoms with E-state index >= 15 is 0 Å². The molecule has 5 rings (SSSR count). The first-order valence-corrected chi connectivity index (χ1v) is 12.0. The Labute approximate surface area is 191 Å². The van der Waals surface area contributed by atoms with Gasteiger partial charge in [-0.05, 0) is 48.4 Å². The second kappa shape index (κ2) is 8.91. The van der Waals surface area contributed by atoms with Crippen molar-refractivity contribution in [2.75, 3.05) is 5.32 Å². The summed E-state index contributed by atoms with van der Waals surface area (Å²) in [6, 6.07) is 16.4. The molecule has 0 saturated heterocycles. The molecular formula is C26H26BrN3O. The Kier molecular flexibility index (Phi) is 5.86. The highest BCUT2D eigenvalue weighted by atomic mass is 79.9. The van der Waals surface area contributed by atoms with E-state index in [1.165, 1.54) is 36.8 Å². The number of carbonyl (C=O) groups is 1. The first kappa shape index (κ1) is 20.4. The van der Waals surface area contributed by atoms with E-state index in [1.54, 1.807) is 0 Å². The molecule has 2 aliphatic rings. The minimum absolute atomic E-state index is 0.0412. The third-order valence-electron chi connectivity index (χ3n) is 6.44. The quantitative estimate of drug-likeness (QED) is 0.498. The maximum Gasteiger partial charge on any atom is 0.229 e. The lowest BCUT2D eigenvalue weighted by Gasteiger charge is -2.21. The average molecular weight is 476 g/mol. The number of amides is 1. The summed E-state index contributed by atoms with van der Waals surface area (Å²) in [5.41, 5.74) is 6.44. The highest BCUT2D eigenvalue weighted by molar-refractivity contribution is 9.10. The lowest BCUT2D eigenvalue weighted by atomic mass is 9.91. The van der Waals surface area contributed by atoms with Crippen LogP contribution in [-0.2, 0) is 30.5 Å². The number of aryl methyl sites for hydroxylation is 2. The van der Waals surface area contributed by atoms with Gasteiger partial charge in [0.2, 0.25) is 5.91 Å². The third-order valence-corrected chi connectivity index (χ3v) is 6.97. The molecule has 0 spiro atoms. The Morgan fingerprint density at radius 3 is 2.58 bits per heavy atom. The van der Waals surface area contributed by atoms with Gasteiger partial charge in [0.05, 0.1) is 23.5 Å². The van der Waals surface area contributed by atoms with E-state index in [4.69, 9.17) is 9.97 Å². The number of nitrogens with one attached hydrogen (secondary N) is 1. The Morgan fingerprint density at radius 2 is 1.77 bits per heavy atom. The summed E-state index contributed by atoms with van der Waals surface area (Å²) in [5.74, 6) is 1.25. The van der Waals surface area contributed by atoms with E-state index in [1.807, 2.05) is 24.3 Å². The topological polar surface area (TPSA) is 54.9 Å². The number of rotatable bonds is 5. The van der Waals surface area contributed by atoms with Crippen LogP contribution in [0.3, 0.4) is 0 Å². The van der Waals surface area contributed by atoms with Gasteiger partial charge in [-0.15, -0.1) is 0 Å². The maximum atomic E-state index is 12.8. The molecule has 1 fully saturated rings. The number of anilines is 1. The van der Waals surface area contributed by atoms with Gasteiger partial charge < -0.3 is 5.32 Å². The molecule has 1 aromatic heterocycles. The number of halogens is 1. The molecule has 1 N–H and O–H groups in total. The monoisotopic (exact) mass is 475 g/mol. The molecule has 5 heteroatoms. The minimum Gasteiger partial charge on any atom is -0.309 e. The summed E-state index contributed by atoms with van der Waals surface area (Å²) in [4.78, 5) is 22.9. The molecule has 0 aliphatic heterocycles. The highest BCUT2D eigenvalue weighted by Crippen LogP contribution is 2.35. The fraction of sp³-hybridized carbons (Fsp3) is 0.346.